The van der Waals surface area contributed by atoms with E-state index >= 15 is 0 Å². The van der Waals surface area contributed by atoms with Gasteiger partial charge in [0.25, 0.3) is 0 Å². The molecule has 1 aliphatic rings. The summed E-state index contributed by atoms with van der Waals surface area (Å²) in [7, 11) is 0. The molecule has 0 saturated heterocycles. The topological polar surface area (TPSA) is 86.7 Å². The van der Waals surface area contributed by atoms with Gasteiger partial charge in [-0.2, -0.15) is 5.10 Å². The maximum Gasteiger partial charge on any atom is 0.164 e. The van der Waals surface area contributed by atoms with Crippen LogP contribution < -0.4 is 5.73 Å². The average Bonchev–Trinajstić information content (AvgIpc) is 3.29. The largest absolute Gasteiger partial charge is 0.330 e. The maximum atomic E-state index is 12.7. The lowest BCUT2D eigenvalue weighted by atomic mass is 9.66. The van der Waals surface area contributed by atoms with E-state index in [1.54, 1.807) is 23.3 Å². The van der Waals surface area contributed by atoms with Crippen molar-refractivity contribution in [3.05, 3.63) is 71.4 Å². The monoisotopic (exact) mass is 409 g/mol. The van der Waals surface area contributed by atoms with Crippen LogP contribution in [0.4, 0.5) is 0 Å². The first-order valence-corrected chi connectivity index (χ1v) is 10.3. The molecule has 0 amide bonds. The van der Waals surface area contributed by atoms with Crippen molar-refractivity contribution in [2.75, 3.05) is 6.54 Å². The van der Waals surface area contributed by atoms with E-state index < -0.39 is 0 Å². The molecule has 1 aliphatic carbocycles. The molecule has 1 aromatic carbocycles. The van der Waals surface area contributed by atoms with Crippen LogP contribution in [0.1, 0.15) is 48.0 Å². The number of benzene rings is 1. The first kappa shape index (κ1) is 19.7. The number of hydrogen-bond donors (Lipinski definition) is 1. The number of carbonyl (C=O) groups excluding carboxylic acids is 1. The number of aromatic nitrogens is 4. The lowest BCUT2D eigenvalue weighted by Gasteiger charge is -2.40. The zero-order valence-electron chi connectivity index (χ0n) is 16.2. The van der Waals surface area contributed by atoms with Gasteiger partial charge in [0, 0.05) is 35.2 Å². The van der Waals surface area contributed by atoms with E-state index in [1.165, 1.54) is 11.9 Å². The Hall–Kier alpha value is -2.57. The quantitative estimate of drug-likeness (QED) is 0.622. The predicted octanol–water partition coefficient (Wildman–Crippen LogP) is 3.98. The molecule has 150 valence electrons. The Kier molecular flexibility index (Phi) is 5.74. The summed E-state index contributed by atoms with van der Waals surface area (Å²) in [6, 6.07) is 11.6. The summed E-state index contributed by atoms with van der Waals surface area (Å²) in [5.74, 6) is 1.15. The summed E-state index contributed by atoms with van der Waals surface area (Å²) in [6.45, 7) is 0.599. The summed E-state index contributed by atoms with van der Waals surface area (Å²) < 4.78 is 1.57. The Morgan fingerprint density at radius 3 is 2.69 bits per heavy atom. The Bertz CT molecular complexity index is 963. The summed E-state index contributed by atoms with van der Waals surface area (Å²) in [6.07, 6.45) is 9.12. The van der Waals surface area contributed by atoms with Crippen LogP contribution in [-0.4, -0.2) is 32.1 Å². The molecule has 0 spiro atoms. The Morgan fingerprint density at radius 1 is 1.24 bits per heavy atom. The van der Waals surface area contributed by atoms with Crippen molar-refractivity contribution >= 4 is 17.4 Å². The Labute approximate surface area is 175 Å². The van der Waals surface area contributed by atoms with Crippen molar-refractivity contribution in [1.82, 2.24) is 19.7 Å². The lowest BCUT2D eigenvalue weighted by molar-refractivity contribution is 0.0937. The van der Waals surface area contributed by atoms with Crippen LogP contribution in [0.15, 0.2) is 55.2 Å². The highest BCUT2D eigenvalue weighted by atomic mass is 35.5. The van der Waals surface area contributed by atoms with E-state index in [1.807, 2.05) is 24.3 Å². The lowest BCUT2D eigenvalue weighted by Crippen LogP contribution is -2.39. The van der Waals surface area contributed by atoms with Gasteiger partial charge in [0.1, 0.15) is 12.7 Å². The van der Waals surface area contributed by atoms with Crippen LogP contribution in [0, 0.1) is 5.92 Å². The fourth-order valence-corrected chi connectivity index (χ4v) is 4.45. The van der Waals surface area contributed by atoms with Crippen LogP contribution >= 0.6 is 11.6 Å². The summed E-state index contributed by atoms with van der Waals surface area (Å²) >= 11 is 6.19. The molecule has 2 N–H and O–H groups in total. The van der Waals surface area contributed by atoms with E-state index in [4.69, 9.17) is 17.3 Å². The van der Waals surface area contributed by atoms with Gasteiger partial charge in [-0.3, -0.25) is 4.79 Å². The SMILES string of the molecule is NCC1(c2cccc(Cl)c2)CCC(CC(=O)c2ccc(-n3cncn3)nc2)CC1. The molecule has 0 radical (unpaired) electrons. The second-order valence-electron chi connectivity index (χ2n) is 7.81. The minimum Gasteiger partial charge on any atom is -0.330 e. The number of rotatable bonds is 6. The van der Waals surface area contributed by atoms with E-state index in [-0.39, 0.29) is 11.2 Å². The normalized spacial score (nSPS) is 21.8. The zero-order valence-corrected chi connectivity index (χ0v) is 16.9. The summed E-state index contributed by atoms with van der Waals surface area (Å²) in [5.41, 5.74) is 8.00. The highest BCUT2D eigenvalue weighted by molar-refractivity contribution is 6.30. The average molecular weight is 410 g/mol. The Morgan fingerprint density at radius 2 is 2.07 bits per heavy atom. The number of pyridine rings is 1. The van der Waals surface area contributed by atoms with Gasteiger partial charge in [-0.05, 0) is 61.4 Å². The van der Waals surface area contributed by atoms with Gasteiger partial charge in [0.2, 0.25) is 0 Å². The molecule has 4 rings (SSSR count). The number of hydrogen-bond acceptors (Lipinski definition) is 5. The summed E-state index contributed by atoms with van der Waals surface area (Å²) in [4.78, 5) is 21.0. The molecule has 0 atom stereocenters. The third-order valence-corrected chi connectivity index (χ3v) is 6.32. The van der Waals surface area contributed by atoms with Crippen LogP contribution in [0.2, 0.25) is 5.02 Å². The molecule has 0 aliphatic heterocycles. The number of ketones is 1. The maximum absolute atomic E-state index is 12.7. The fraction of sp³-hybridized carbons (Fsp3) is 0.364. The first-order valence-electron chi connectivity index (χ1n) is 9.90. The molecule has 0 bridgehead atoms. The molecule has 1 fully saturated rings. The van der Waals surface area contributed by atoms with Crippen LogP contribution in [-0.2, 0) is 5.41 Å². The van der Waals surface area contributed by atoms with Crippen molar-refractivity contribution in [2.45, 2.75) is 37.5 Å². The molecule has 1 saturated carbocycles. The van der Waals surface area contributed by atoms with Gasteiger partial charge in [-0.25, -0.2) is 14.6 Å². The highest BCUT2D eigenvalue weighted by Crippen LogP contribution is 2.42. The molecule has 29 heavy (non-hydrogen) atoms. The van der Waals surface area contributed by atoms with E-state index in [0.717, 1.165) is 30.7 Å². The first-order chi connectivity index (χ1) is 14.1. The van der Waals surface area contributed by atoms with Gasteiger partial charge in [-0.1, -0.05) is 23.7 Å². The molecule has 6 nitrogen and oxygen atoms in total. The molecule has 2 heterocycles. The molecule has 7 heteroatoms. The minimum atomic E-state index is -0.0363. The number of halogens is 1. The van der Waals surface area contributed by atoms with Crippen molar-refractivity contribution in [2.24, 2.45) is 11.7 Å². The fourth-order valence-electron chi connectivity index (χ4n) is 4.26. The van der Waals surface area contributed by atoms with Gasteiger partial charge in [-0.15, -0.1) is 0 Å². The van der Waals surface area contributed by atoms with E-state index in [9.17, 15) is 4.79 Å². The van der Waals surface area contributed by atoms with Crippen molar-refractivity contribution in [3.8, 4) is 5.82 Å². The smallest absolute Gasteiger partial charge is 0.164 e. The van der Waals surface area contributed by atoms with Crippen LogP contribution in [0.25, 0.3) is 5.82 Å². The highest BCUT2D eigenvalue weighted by Gasteiger charge is 2.36. The third-order valence-electron chi connectivity index (χ3n) is 6.09. The second-order valence-corrected chi connectivity index (χ2v) is 8.25. The Balaban J connectivity index is 1.38. The minimum absolute atomic E-state index is 0.0363. The molecule has 2 aromatic heterocycles. The van der Waals surface area contributed by atoms with Crippen LogP contribution in [0.5, 0.6) is 0 Å². The molecule has 3 aromatic rings. The second kappa shape index (κ2) is 8.43. The molecule has 0 unspecified atom stereocenters. The van der Waals surface area contributed by atoms with Gasteiger partial charge in [0.15, 0.2) is 11.6 Å². The number of nitrogens with two attached hydrogens (primary N) is 1. The van der Waals surface area contributed by atoms with E-state index in [2.05, 4.69) is 21.1 Å². The number of Topliss-reactive ketones (excluding diaryl/α,β-unsaturated/α-hetero) is 1. The van der Waals surface area contributed by atoms with Crippen molar-refractivity contribution in [1.29, 1.82) is 0 Å². The molecular formula is C22H24ClN5O. The van der Waals surface area contributed by atoms with Gasteiger partial charge < -0.3 is 5.73 Å². The van der Waals surface area contributed by atoms with Crippen molar-refractivity contribution < 1.29 is 4.79 Å². The van der Waals surface area contributed by atoms with E-state index in [0.29, 0.717) is 30.3 Å². The zero-order chi connectivity index (χ0) is 20.3. The molecular weight excluding hydrogens is 386 g/mol. The van der Waals surface area contributed by atoms with Crippen molar-refractivity contribution in [3.63, 3.8) is 0 Å². The summed E-state index contributed by atoms with van der Waals surface area (Å²) in [5, 5.41) is 4.79. The van der Waals surface area contributed by atoms with Gasteiger partial charge in [0.05, 0.1) is 0 Å². The standard InChI is InChI=1S/C22H24ClN5O/c23-19-3-1-2-18(11-19)22(13-24)8-6-16(7-9-22)10-20(29)17-4-5-21(26-12-17)28-15-25-14-27-28/h1-5,11-12,14-16H,6-10,13,24H2. The van der Waals surface area contributed by atoms with Crippen LogP contribution in [0.3, 0.4) is 0 Å². The third kappa shape index (κ3) is 4.23. The van der Waals surface area contributed by atoms with Gasteiger partial charge >= 0.3 is 0 Å². The number of nitrogens with zero attached hydrogens (tertiary/aromatic N) is 4. The number of carbonyl (C=O) groups is 1. The predicted molar refractivity (Wildman–Crippen MR) is 112 cm³/mol.